The molecular formula is C12H16S. The summed E-state index contributed by atoms with van der Waals surface area (Å²) >= 11 is 2.09. The lowest BCUT2D eigenvalue weighted by atomic mass is 9.98. The maximum absolute atomic E-state index is 2.49. The second-order valence-electron chi connectivity index (χ2n) is 4.83. The van der Waals surface area contributed by atoms with Crippen molar-refractivity contribution in [1.29, 1.82) is 0 Å². The first kappa shape index (κ1) is 8.05. The van der Waals surface area contributed by atoms with E-state index >= 15 is 0 Å². The molecule has 0 aliphatic heterocycles. The predicted octanol–water partition coefficient (Wildman–Crippen LogP) is 4.24. The van der Waals surface area contributed by atoms with Gasteiger partial charge in [0.2, 0.25) is 0 Å². The van der Waals surface area contributed by atoms with Crippen molar-refractivity contribution >= 4 is 11.3 Å². The molecule has 2 aliphatic rings. The summed E-state index contributed by atoms with van der Waals surface area (Å²) in [5, 5.41) is 0. The summed E-state index contributed by atoms with van der Waals surface area (Å²) in [6, 6.07) is 2.49. The van der Waals surface area contributed by atoms with Gasteiger partial charge in [-0.1, -0.05) is 13.8 Å². The average molecular weight is 192 g/mol. The number of thiophene rings is 1. The number of rotatable bonds is 1. The molecular weight excluding hydrogens is 176 g/mol. The monoisotopic (exact) mass is 192 g/mol. The van der Waals surface area contributed by atoms with E-state index in [2.05, 4.69) is 31.3 Å². The van der Waals surface area contributed by atoms with Crippen molar-refractivity contribution in [3.8, 4) is 0 Å². The highest BCUT2D eigenvalue weighted by Gasteiger charge is 2.38. The van der Waals surface area contributed by atoms with Crippen LogP contribution in [0.1, 0.15) is 66.2 Å². The van der Waals surface area contributed by atoms with E-state index in [0.29, 0.717) is 0 Å². The Morgan fingerprint density at radius 1 is 1.31 bits per heavy atom. The van der Waals surface area contributed by atoms with E-state index < -0.39 is 0 Å². The molecule has 2 aliphatic carbocycles. The van der Waals surface area contributed by atoms with E-state index in [1.165, 1.54) is 19.3 Å². The van der Waals surface area contributed by atoms with Crippen LogP contribution in [0, 0.1) is 0 Å². The third-order valence-corrected chi connectivity index (χ3v) is 5.24. The molecule has 3 rings (SSSR count). The van der Waals surface area contributed by atoms with Crippen molar-refractivity contribution in [3.05, 3.63) is 21.4 Å². The minimum absolute atomic E-state index is 0.731. The lowest BCUT2D eigenvalue weighted by Gasteiger charge is -2.07. The van der Waals surface area contributed by atoms with Crippen molar-refractivity contribution in [2.75, 3.05) is 0 Å². The fourth-order valence-corrected chi connectivity index (χ4v) is 4.26. The van der Waals surface area contributed by atoms with Gasteiger partial charge in [0.1, 0.15) is 0 Å². The van der Waals surface area contributed by atoms with Crippen molar-refractivity contribution in [3.63, 3.8) is 0 Å². The van der Waals surface area contributed by atoms with Crippen molar-refractivity contribution in [1.82, 2.24) is 0 Å². The predicted molar refractivity (Wildman–Crippen MR) is 57.7 cm³/mol. The van der Waals surface area contributed by atoms with E-state index in [-0.39, 0.29) is 0 Å². The van der Waals surface area contributed by atoms with Crippen LogP contribution < -0.4 is 0 Å². The van der Waals surface area contributed by atoms with Gasteiger partial charge in [0.15, 0.2) is 0 Å². The summed E-state index contributed by atoms with van der Waals surface area (Å²) in [6.07, 6.45) is 4.40. The molecule has 2 atom stereocenters. The Kier molecular flexibility index (Phi) is 1.61. The maximum Gasteiger partial charge on any atom is 0.0114 e. The Labute approximate surface area is 84.0 Å². The van der Waals surface area contributed by atoms with Gasteiger partial charge in [-0.2, -0.15) is 0 Å². The number of hydrogen-bond acceptors (Lipinski definition) is 1. The topological polar surface area (TPSA) is 0 Å². The summed E-state index contributed by atoms with van der Waals surface area (Å²) in [5.74, 6) is 2.64. The molecule has 1 heteroatoms. The second kappa shape index (κ2) is 2.60. The van der Waals surface area contributed by atoms with Crippen LogP contribution in [0.25, 0.3) is 0 Å². The molecule has 0 spiro atoms. The average Bonchev–Trinajstić information content (AvgIpc) is 2.76. The highest BCUT2D eigenvalue weighted by molar-refractivity contribution is 7.12. The van der Waals surface area contributed by atoms with E-state index in [1.807, 2.05) is 0 Å². The number of fused-ring (bicyclic) bond motifs is 5. The van der Waals surface area contributed by atoms with E-state index in [1.54, 1.807) is 15.3 Å². The fourth-order valence-electron chi connectivity index (χ4n) is 2.86. The van der Waals surface area contributed by atoms with Crippen LogP contribution >= 0.6 is 11.3 Å². The summed E-state index contributed by atoms with van der Waals surface area (Å²) in [4.78, 5) is 3.36. The van der Waals surface area contributed by atoms with Gasteiger partial charge in [-0.25, -0.2) is 0 Å². The Morgan fingerprint density at radius 3 is 2.77 bits per heavy atom. The van der Waals surface area contributed by atoms with Crippen LogP contribution in [0.5, 0.6) is 0 Å². The Balaban J connectivity index is 2.07. The maximum atomic E-state index is 2.49. The first-order chi connectivity index (χ1) is 6.25. The van der Waals surface area contributed by atoms with Crippen LogP contribution in [-0.4, -0.2) is 0 Å². The zero-order valence-corrected chi connectivity index (χ0v) is 9.16. The van der Waals surface area contributed by atoms with Gasteiger partial charge in [0.05, 0.1) is 0 Å². The van der Waals surface area contributed by atoms with Crippen molar-refractivity contribution in [2.24, 2.45) is 0 Å². The molecule has 1 aromatic rings. The number of hydrogen-bond donors (Lipinski definition) is 0. The van der Waals surface area contributed by atoms with E-state index in [0.717, 1.165) is 17.8 Å². The molecule has 0 aromatic carbocycles. The first-order valence-electron chi connectivity index (χ1n) is 5.39. The third-order valence-electron chi connectivity index (χ3n) is 3.62. The van der Waals surface area contributed by atoms with Gasteiger partial charge in [0, 0.05) is 9.75 Å². The fraction of sp³-hybridized carbons (Fsp3) is 0.667. The first-order valence-corrected chi connectivity index (χ1v) is 6.21. The van der Waals surface area contributed by atoms with E-state index in [9.17, 15) is 0 Å². The molecule has 0 N–H and O–H groups in total. The van der Waals surface area contributed by atoms with Crippen molar-refractivity contribution in [2.45, 2.75) is 50.9 Å². The molecule has 1 saturated carbocycles. The molecule has 70 valence electrons. The zero-order valence-electron chi connectivity index (χ0n) is 8.34. The normalized spacial score (nSPS) is 30.1. The van der Waals surface area contributed by atoms with E-state index in [4.69, 9.17) is 0 Å². The van der Waals surface area contributed by atoms with Gasteiger partial charge in [-0.3, -0.25) is 0 Å². The molecule has 0 amide bonds. The summed E-state index contributed by atoms with van der Waals surface area (Å²) in [6.45, 7) is 4.62. The summed E-state index contributed by atoms with van der Waals surface area (Å²) in [7, 11) is 0. The summed E-state index contributed by atoms with van der Waals surface area (Å²) in [5.41, 5.74) is 1.73. The molecule has 0 nitrogen and oxygen atoms in total. The highest BCUT2D eigenvalue weighted by atomic mass is 32.1. The molecule has 1 fully saturated rings. The standard InChI is InChI=1S/C12H16S/c1-7(2)11-6-10-8-3-4-9(5-8)12(10)13-11/h6-9H,3-5H2,1-2H3. The third kappa shape index (κ3) is 1.03. The molecule has 2 bridgehead atoms. The molecule has 0 radical (unpaired) electrons. The largest absolute Gasteiger partial charge is 0.145 e. The van der Waals surface area contributed by atoms with Crippen LogP contribution in [0.3, 0.4) is 0 Å². The lowest BCUT2D eigenvalue weighted by molar-refractivity contribution is 0.727. The van der Waals surface area contributed by atoms with Crippen LogP contribution in [0.15, 0.2) is 6.07 Å². The SMILES string of the molecule is CC(C)c1cc2c(s1)C1CCC2C1. The summed E-state index contributed by atoms with van der Waals surface area (Å²) < 4.78 is 0. The Bertz CT molecular complexity index is 307. The van der Waals surface area contributed by atoms with Gasteiger partial charge in [-0.05, 0) is 48.6 Å². The van der Waals surface area contributed by atoms with Gasteiger partial charge >= 0.3 is 0 Å². The van der Waals surface area contributed by atoms with Crippen LogP contribution in [-0.2, 0) is 0 Å². The quantitative estimate of drug-likeness (QED) is 0.624. The Morgan fingerprint density at radius 2 is 2.08 bits per heavy atom. The molecule has 0 saturated heterocycles. The van der Waals surface area contributed by atoms with Gasteiger partial charge in [-0.15, -0.1) is 11.3 Å². The lowest BCUT2D eigenvalue weighted by Crippen LogP contribution is -1.91. The minimum atomic E-state index is 0.731. The minimum Gasteiger partial charge on any atom is -0.145 e. The highest BCUT2D eigenvalue weighted by Crippen LogP contribution is 2.56. The Hall–Kier alpha value is -0.300. The van der Waals surface area contributed by atoms with Crippen LogP contribution in [0.2, 0.25) is 0 Å². The molecule has 2 unspecified atom stereocenters. The van der Waals surface area contributed by atoms with Gasteiger partial charge in [0.25, 0.3) is 0 Å². The molecule has 13 heavy (non-hydrogen) atoms. The zero-order chi connectivity index (χ0) is 9.00. The molecule has 1 aromatic heterocycles. The van der Waals surface area contributed by atoms with Crippen LogP contribution in [0.4, 0.5) is 0 Å². The molecule has 1 heterocycles. The van der Waals surface area contributed by atoms with Gasteiger partial charge < -0.3 is 0 Å². The second-order valence-corrected chi connectivity index (χ2v) is 5.95. The smallest absolute Gasteiger partial charge is 0.0114 e. The van der Waals surface area contributed by atoms with Crippen molar-refractivity contribution < 1.29 is 0 Å².